The molecular weight excluding hydrogens is 385 g/mol. The zero-order valence-electron chi connectivity index (χ0n) is 11.8. The first-order chi connectivity index (χ1) is 10.1. The summed E-state index contributed by atoms with van der Waals surface area (Å²) >= 11 is 4.12. The molecule has 0 aromatic carbocycles. The highest BCUT2D eigenvalue weighted by Crippen LogP contribution is 2.36. The largest absolute Gasteiger partial charge is 0.436 e. The summed E-state index contributed by atoms with van der Waals surface area (Å²) in [6.07, 6.45) is -4.59. The molecule has 1 atom stereocenters. The average molecular weight is 397 g/mol. The van der Waals surface area contributed by atoms with Crippen LogP contribution in [0, 0.1) is 13.8 Å². The van der Waals surface area contributed by atoms with E-state index in [-0.39, 0.29) is 10.2 Å². The average Bonchev–Trinajstić information content (AvgIpc) is 2.93. The van der Waals surface area contributed by atoms with E-state index in [1.54, 1.807) is 12.3 Å². The van der Waals surface area contributed by atoms with E-state index < -0.39 is 23.8 Å². The molecule has 0 unspecified atom stereocenters. The number of nitrogens with one attached hydrogen (secondary N) is 1. The molecule has 0 spiro atoms. The molecule has 5 nitrogen and oxygen atoms in total. The lowest BCUT2D eigenvalue weighted by molar-refractivity contribution is -0.142. The van der Waals surface area contributed by atoms with Crippen LogP contribution in [0.15, 0.2) is 9.85 Å². The number of hydrogen-bond acceptors (Lipinski definition) is 4. The van der Waals surface area contributed by atoms with Gasteiger partial charge in [0.2, 0.25) is 0 Å². The van der Waals surface area contributed by atoms with Crippen molar-refractivity contribution in [3.8, 4) is 0 Å². The van der Waals surface area contributed by atoms with Crippen LogP contribution in [0.1, 0.15) is 30.0 Å². The number of anilines is 1. The quantitative estimate of drug-likeness (QED) is 0.854. The number of thiazole rings is 1. The van der Waals surface area contributed by atoms with E-state index in [9.17, 15) is 18.0 Å². The number of amides is 1. The van der Waals surface area contributed by atoms with Gasteiger partial charge in [-0.2, -0.15) is 18.3 Å². The van der Waals surface area contributed by atoms with Crippen LogP contribution in [-0.2, 0) is 11.0 Å². The van der Waals surface area contributed by atoms with Crippen LogP contribution in [0.3, 0.4) is 0 Å². The monoisotopic (exact) mass is 396 g/mol. The van der Waals surface area contributed by atoms with Gasteiger partial charge in [-0.1, -0.05) is 0 Å². The number of aromatic nitrogens is 3. The molecule has 0 radical (unpaired) electrons. The summed E-state index contributed by atoms with van der Waals surface area (Å²) in [5, 5.41) is 8.24. The third-order valence-electron chi connectivity index (χ3n) is 2.94. The van der Waals surface area contributed by atoms with Gasteiger partial charge in [0.15, 0.2) is 10.8 Å². The topological polar surface area (TPSA) is 59.8 Å². The number of carbonyl (C=O) groups excluding carboxylic acids is 1. The highest BCUT2D eigenvalue weighted by molar-refractivity contribution is 9.10. The molecule has 120 valence electrons. The Morgan fingerprint density at radius 3 is 2.55 bits per heavy atom. The van der Waals surface area contributed by atoms with Crippen molar-refractivity contribution in [2.24, 2.45) is 0 Å². The van der Waals surface area contributed by atoms with Crippen molar-refractivity contribution in [2.45, 2.75) is 33.0 Å². The van der Waals surface area contributed by atoms with Gasteiger partial charge in [0.1, 0.15) is 6.04 Å². The molecule has 2 aromatic heterocycles. The van der Waals surface area contributed by atoms with Crippen molar-refractivity contribution in [2.75, 3.05) is 5.32 Å². The van der Waals surface area contributed by atoms with Crippen molar-refractivity contribution in [1.29, 1.82) is 0 Å². The number of alkyl halides is 3. The smallest absolute Gasteiger partial charge is 0.300 e. The molecule has 0 fully saturated rings. The molecule has 0 aliphatic heterocycles. The molecule has 0 aliphatic rings. The van der Waals surface area contributed by atoms with Gasteiger partial charge in [-0.15, -0.1) is 11.3 Å². The summed E-state index contributed by atoms with van der Waals surface area (Å²) in [6, 6.07) is -0.906. The van der Waals surface area contributed by atoms with Gasteiger partial charge in [-0.3, -0.25) is 9.48 Å². The number of carbonyl (C=O) groups is 1. The molecule has 2 rings (SSSR count). The second kappa shape index (κ2) is 5.99. The summed E-state index contributed by atoms with van der Waals surface area (Å²) in [7, 11) is 0. The van der Waals surface area contributed by atoms with Crippen molar-refractivity contribution in [1.82, 2.24) is 14.8 Å². The zero-order chi connectivity index (χ0) is 16.7. The van der Waals surface area contributed by atoms with Crippen LogP contribution in [0.2, 0.25) is 0 Å². The predicted octanol–water partition coefficient (Wildman–Crippen LogP) is 3.94. The van der Waals surface area contributed by atoms with Gasteiger partial charge in [-0.25, -0.2) is 4.98 Å². The van der Waals surface area contributed by atoms with Gasteiger partial charge >= 0.3 is 6.18 Å². The third kappa shape index (κ3) is 3.32. The van der Waals surface area contributed by atoms with Crippen LogP contribution >= 0.6 is 27.3 Å². The van der Waals surface area contributed by atoms with Crippen molar-refractivity contribution >= 4 is 38.3 Å². The van der Waals surface area contributed by atoms with E-state index in [0.717, 1.165) is 10.4 Å². The summed E-state index contributed by atoms with van der Waals surface area (Å²) < 4.78 is 39.4. The molecule has 0 saturated carbocycles. The molecule has 0 bridgehead atoms. The molecule has 0 saturated heterocycles. The van der Waals surface area contributed by atoms with Gasteiger partial charge in [0.25, 0.3) is 5.91 Å². The standard InChI is InChI=1S/C12H12BrF3N4OS/c1-5-4-22-11(17-5)18-10(21)7(3)20-6(2)8(13)9(19-20)12(14,15)16/h4,7H,1-3H3,(H,17,18,21)/t7-/m1/s1. The van der Waals surface area contributed by atoms with Gasteiger partial charge in [0.05, 0.1) is 15.9 Å². The summed E-state index contributed by atoms with van der Waals surface area (Å²) in [5.74, 6) is -0.485. The maximum Gasteiger partial charge on any atom is 0.436 e. The van der Waals surface area contributed by atoms with Crippen LogP contribution in [-0.4, -0.2) is 20.7 Å². The first-order valence-electron chi connectivity index (χ1n) is 6.16. The minimum atomic E-state index is -4.59. The van der Waals surface area contributed by atoms with Crippen LogP contribution < -0.4 is 5.32 Å². The fourth-order valence-electron chi connectivity index (χ4n) is 1.79. The Labute approximate surface area is 136 Å². The van der Waals surface area contributed by atoms with E-state index in [1.165, 1.54) is 25.2 Å². The van der Waals surface area contributed by atoms with Crippen LogP contribution in [0.4, 0.5) is 18.3 Å². The second-order valence-electron chi connectivity index (χ2n) is 4.65. The highest BCUT2D eigenvalue weighted by Gasteiger charge is 2.39. The summed E-state index contributed by atoms with van der Waals surface area (Å²) in [5.41, 5.74) is -0.0645. The van der Waals surface area contributed by atoms with Crippen molar-refractivity contribution in [3.05, 3.63) is 26.9 Å². The summed E-state index contributed by atoms with van der Waals surface area (Å²) in [4.78, 5) is 16.2. The van der Waals surface area contributed by atoms with Gasteiger partial charge in [0, 0.05) is 5.38 Å². The molecule has 10 heteroatoms. The van der Waals surface area contributed by atoms with E-state index in [4.69, 9.17) is 0 Å². The fraction of sp³-hybridized carbons (Fsp3) is 0.417. The second-order valence-corrected chi connectivity index (χ2v) is 6.30. The lowest BCUT2D eigenvalue weighted by Gasteiger charge is -2.13. The number of aryl methyl sites for hydroxylation is 1. The summed E-state index contributed by atoms with van der Waals surface area (Å²) in [6.45, 7) is 4.71. The Morgan fingerprint density at radius 2 is 2.09 bits per heavy atom. The maximum absolute atomic E-state index is 12.8. The SMILES string of the molecule is Cc1csc(NC(=O)[C@@H](C)n2nc(C(F)(F)F)c(Br)c2C)n1. The van der Waals surface area contributed by atoms with Crippen LogP contribution in [0.25, 0.3) is 0 Å². The lowest BCUT2D eigenvalue weighted by Crippen LogP contribution is -2.25. The number of rotatable bonds is 3. The van der Waals surface area contributed by atoms with Crippen molar-refractivity contribution in [3.63, 3.8) is 0 Å². The van der Waals surface area contributed by atoms with Crippen LogP contribution in [0.5, 0.6) is 0 Å². The molecule has 0 aliphatic carbocycles. The Morgan fingerprint density at radius 1 is 1.45 bits per heavy atom. The minimum Gasteiger partial charge on any atom is -0.300 e. The Balaban J connectivity index is 2.25. The maximum atomic E-state index is 12.8. The molecule has 2 heterocycles. The number of halogens is 4. The fourth-order valence-corrected chi connectivity index (χ4v) is 2.97. The molecule has 22 heavy (non-hydrogen) atoms. The lowest BCUT2D eigenvalue weighted by atomic mass is 10.3. The van der Waals surface area contributed by atoms with E-state index in [0.29, 0.717) is 5.13 Å². The van der Waals surface area contributed by atoms with E-state index in [1.807, 2.05) is 0 Å². The first kappa shape index (κ1) is 16.9. The number of nitrogens with zero attached hydrogens (tertiary/aromatic N) is 3. The molecule has 2 aromatic rings. The van der Waals surface area contributed by atoms with Gasteiger partial charge < -0.3 is 5.32 Å². The van der Waals surface area contributed by atoms with Gasteiger partial charge in [-0.05, 0) is 36.7 Å². The van der Waals surface area contributed by atoms with E-state index >= 15 is 0 Å². The van der Waals surface area contributed by atoms with E-state index in [2.05, 4.69) is 31.3 Å². The predicted molar refractivity (Wildman–Crippen MR) is 79.9 cm³/mol. The Bertz CT molecular complexity index is 710. The molecular formula is C12H12BrF3N4OS. The third-order valence-corrected chi connectivity index (χ3v) is 4.77. The number of hydrogen-bond donors (Lipinski definition) is 1. The van der Waals surface area contributed by atoms with Crippen molar-refractivity contribution < 1.29 is 18.0 Å². The molecule has 1 amide bonds. The normalized spacial score (nSPS) is 13.2. The Kier molecular flexibility index (Phi) is 4.62. The first-order valence-corrected chi connectivity index (χ1v) is 7.83. The Hall–Kier alpha value is -1.42. The zero-order valence-corrected chi connectivity index (χ0v) is 14.2. The minimum absolute atomic E-state index is 0.162. The molecule has 1 N–H and O–H groups in total. The highest BCUT2D eigenvalue weighted by atomic mass is 79.9.